The van der Waals surface area contributed by atoms with E-state index < -0.39 is 17.3 Å². The van der Waals surface area contributed by atoms with Crippen molar-refractivity contribution in [1.29, 1.82) is 0 Å². The van der Waals surface area contributed by atoms with Gasteiger partial charge in [-0.15, -0.1) is 12.4 Å². The Kier molecular flexibility index (Phi) is 3.53. The number of aromatic carboxylic acids is 1. The molecule has 0 amide bonds. The molecule has 1 N–H and O–H groups in total. The van der Waals surface area contributed by atoms with Crippen molar-refractivity contribution in [3.63, 3.8) is 0 Å². The third-order valence-corrected chi connectivity index (χ3v) is 2.36. The molecule has 0 aliphatic rings. The lowest BCUT2D eigenvalue weighted by molar-refractivity contribution is 0.0694. The Morgan fingerprint density at radius 3 is 2.65 bits per heavy atom. The van der Waals surface area contributed by atoms with Crippen molar-refractivity contribution in [2.75, 3.05) is 0 Å². The molecule has 0 fully saturated rings. The second kappa shape index (κ2) is 4.55. The fourth-order valence-electron chi connectivity index (χ4n) is 1.61. The molecule has 2 rings (SSSR count). The molecule has 0 saturated carbocycles. The monoisotopic (exact) mass is 257 g/mol. The lowest BCUT2D eigenvalue weighted by atomic mass is 10.2. The molecule has 0 atom stereocenters. The number of pyridine rings is 2. The van der Waals surface area contributed by atoms with Crippen LogP contribution in [0.15, 0.2) is 29.2 Å². The van der Waals surface area contributed by atoms with Gasteiger partial charge in [-0.1, -0.05) is 0 Å². The Balaban J connectivity index is 0.00000144. The highest BCUT2D eigenvalue weighted by Crippen LogP contribution is 2.10. The molecule has 0 aromatic carbocycles. The van der Waals surface area contributed by atoms with E-state index in [2.05, 4.69) is 0 Å². The first-order chi connectivity index (χ1) is 7.50. The summed E-state index contributed by atoms with van der Waals surface area (Å²) in [7, 11) is 0. The van der Waals surface area contributed by atoms with E-state index >= 15 is 0 Å². The number of hydrogen-bond donors (Lipinski definition) is 1. The topological polar surface area (TPSA) is 58.8 Å². The fourth-order valence-corrected chi connectivity index (χ4v) is 1.61. The molecule has 0 unspecified atom stereocenters. The standard InChI is InChI=1S/C11H8FNO3.ClH/c1-6-4-7(12)5-13-9(6)3-2-8(10(13)14)11(15)16;/h2-5H,1H3,(H,15,16);1H. The minimum atomic E-state index is -1.32. The van der Waals surface area contributed by atoms with Gasteiger partial charge in [0.1, 0.15) is 11.4 Å². The van der Waals surface area contributed by atoms with Gasteiger partial charge in [-0.25, -0.2) is 9.18 Å². The quantitative estimate of drug-likeness (QED) is 0.848. The Morgan fingerprint density at radius 2 is 2.06 bits per heavy atom. The van der Waals surface area contributed by atoms with Crippen molar-refractivity contribution >= 4 is 23.9 Å². The molecular formula is C11H9ClFNO3. The number of carbonyl (C=O) groups is 1. The highest BCUT2D eigenvalue weighted by molar-refractivity contribution is 5.87. The smallest absolute Gasteiger partial charge is 0.341 e. The highest BCUT2D eigenvalue weighted by atomic mass is 35.5. The second-order valence-corrected chi connectivity index (χ2v) is 3.45. The predicted octanol–water partition coefficient (Wildman–Crippen LogP) is 1.87. The summed E-state index contributed by atoms with van der Waals surface area (Å²) < 4.78 is 14.1. The van der Waals surface area contributed by atoms with Crippen LogP contribution in [0.2, 0.25) is 0 Å². The number of nitrogens with zero attached hydrogens (tertiary/aromatic N) is 1. The minimum Gasteiger partial charge on any atom is -0.477 e. The van der Waals surface area contributed by atoms with Gasteiger partial charge >= 0.3 is 5.97 Å². The Bertz CT molecular complexity index is 651. The summed E-state index contributed by atoms with van der Waals surface area (Å²) in [5, 5.41) is 8.76. The number of hydrogen-bond acceptors (Lipinski definition) is 2. The Morgan fingerprint density at radius 1 is 1.41 bits per heavy atom. The first-order valence-corrected chi connectivity index (χ1v) is 4.55. The highest BCUT2D eigenvalue weighted by Gasteiger charge is 2.11. The Hall–Kier alpha value is -1.88. The van der Waals surface area contributed by atoms with Crippen LogP contribution >= 0.6 is 12.4 Å². The van der Waals surface area contributed by atoms with Gasteiger partial charge in [-0.05, 0) is 30.7 Å². The lowest BCUT2D eigenvalue weighted by Gasteiger charge is -2.05. The van der Waals surface area contributed by atoms with E-state index in [9.17, 15) is 14.0 Å². The SMILES string of the molecule is Cc1cc(F)cn2c(=O)c(C(=O)O)ccc12.Cl. The van der Waals surface area contributed by atoms with E-state index in [0.717, 1.165) is 10.6 Å². The van der Waals surface area contributed by atoms with Gasteiger partial charge in [-0.3, -0.25) is 9.20 Å². The van der Waals surface area contributed by atoms with Crippen LogP contribution < -0.4 is 5.56 Å². The van der Waals surface area contributed by atoms with Crippen LogP contribution in [0.4, 0.5) is 4.39 Å². The lowest BCUT2D eigenvalue weighted by Crippen LogP contribution is -2.22. The van der Waals surface area contributed by atoms with Gasteiger partial charge in [0, 0.05) is 6.20 Å². The maximum atomic E-state index is 13.1. The van der Waals surface area contributed by atoms with Crippen LogP contribution in [-0.2, 0) is 0 Å². The molecule has 0 aliphatic heterocycles. The molecule has 2 aromatic heterocycles. The molecule has 0 saturated heterocycles. The van der Waals surface area contributed by atoms with Crippen LogP contribution in [0.5, 0.6) is 0 Å². The average molecular weight is 258 g/mol. The van der Waals surface area contributed by atoms with Crippen molar-refractivity contribution in [2.45, 2.75) is 6.92 Å². The number of carboxylic acids is 1. The zero-order valence-electron chi connectivity index (χ0n) is 8.81. The first-order valence-electron chi connectivity index (χ1n) is 4.55. The third-order valence-electron chi connectivity index (χ3n) is 2.36. The Labute approximate surface area is 102 Å². The van der Waals surface area contributed by atoms with Gasteiger partial charge in [0.2, 0.25) is 0 Å². The molecule has 2 heterocycles. The summed E-state index contributed by atoms with van der Waals surface area (Å²) in [6.45, 7) is 1.65. The molecule has 4 nitrogen and oxygen atoms in total. The zero-order chi connectivity index (χ0) is 11.9. The number of carboxylic acid groups (broad SMARTS) is 1. The summed E-state index contributed by atoms with van der Waals surface area (Å²) >= 11 is 0. The van der Waals surface area contributed by atoms with Crippen LogP contribution in [0, 0.1) is 12.7 Å². The largest absolute Gasteiger partial charge is 0.477 e. The van der Waals surface area contributed by atoms with Crippen LogP contribution in [0.25, 0.3) is 5.52 Å². The van der Waals surface area contributed by atoms with E-state index in [0.29, 0.717) is 11.1 Å². The zero-order valence-corrected chi connectivity index (χ0v) is 9.62. The van der Waals surface area contributed by atoms with Gasteiger partial charge in [0.05, 0.1) is 5.52 Å². The molecule has 6 heteroatoms. The number of rotatable bonds is 1. The van der Waals surface area contributed by atoms with E-state index in [1.165, 1.54) is 18.2 Å². The number of halogens is 2. The number of aromatic nitrogens is 1. The van der Waals surface area contributed by atoms with Crippen molar-refractivity contribution < 1.29 is 14.3 Å². The van der Waals surface area contributed by atoms with Crippen molar-refractivity contribution in [1.82, 2.24) is 4.40 Å². The summed E-state index contributed by atoms with van der Waals surface area (Å²) in [6.07, 6.45) is 0.983. The summed E-state index contributed by atoms with van der Waals surface area (Å²) in [4.78, 5) is 22.4. The second-order valence-electron chi connectivity index (χ2n) is 3.45. The van der Waals surface area contributed by atoms with Crippen molar-refractivity contribution in [2.24, 2.45) is 0 Å². The van der Waals surface area contributed by atoms with Crippen LogP contribution in [0.3, 0.4) is 0 Å². The van der Waals surface area contributed by atoms with Gasteiger partial charge in [-0.2, -0.15) is 0 Å². The third kappa shape index (κ3) is 2.14. The predicted molar refractivity (Wildman–Crippen MR) is 62.6 cm³/mol. The van der Waals surface area contributed by atoms with Gasteiger partial charge in [0.25, 0.3) is 5.56 Å². The van der Waals surface area contributed by atoms with Gasteiger partial charge < -0.3 is 5.11 Å². The molecule has 2 aromatic rings. The molecular weight excluding hydrogens is 249 g/mol. The van der Waals surface area contributed by atoms with E-state index in [-0.39, 0.29) is 18.0 Å². The maximum absolute atomic E-state index is 13.1. The molecule has 17 heavy (non-hydrogen) atoms. The summed E-state index contributed by atoms with van der Waals surface area (Å²) in [5.41, 5.74) is -0.0273. The van der Waals surface area contributed by atoms with E-state index in [1.54, 1.807) is 6.92 Å². The van der Waals surface area contributed by atoms with Crippen molar-refractivity contribution in [3.05, 3.63) is 51.7 Å². The fraction of sp³-hybridized carbons (Fsp3) is 0.0909. The van der Waals surface area contributed by atoms with Crippen LogP contribution in [-0.4, -0.2) is 15.5 Å². The molecule has 0 aliphatic carbocycles. The minimum absolute atomic E-state index is 0. The summed E-state index contributed by atoms with van der Waals surface area (Å²) in [6, 6.07) is 4.00. The molecule has 0 bridgehead atoms. The van der Waals surface area contributed by atoms with E-state index in [4.69, 9.17) is 5.11 Å². The first kappa shape index (κ1) is 13.2. The average Bonchev–Trinajstić information content (AvgIpc) is 2.19. The normalized spacial score (nSPS) is 10.0. The molecule has 90 valence electrons. The number of aryl methyl sites for hydroxylation is 1. The molecule has 0 spiro atoms. The van der Waals surface area contributed by atoms with Crippen LogP contribution in [0.1, 0.15) is 15.9 Å². The molecule has 0 radical (unpaired) electrons. The number of fused-ring (bicyclic) bond motifs is 1. The summed E-state index contributed by atoms with van der Waals surface area (Å²) in [5.74, 6) is -1.89. The van der Waals surface area contributed by atoms with Crippen molar-refractivity contribution in [3.8, 4) is 0 Å². The van der Waals surface area contributed by atoms with Gasteiger partial charge in [0.15, 0.2) is 0 Å². The maximum Gasteiger partial charge on any atom is 0.341 e. The van der Waals surface area contributed by atoms with E-state index in [1.807, 2.05) is 0 Å².